The van der Waals surface area contributed by atoms with E-state index >= 15 is 0 Å². The van der Waals surface area contributed by atoms with Crippen LogP contribution in [0.2, 0.25) is 0 Å². The lowest BCUT2D eigenvalue weighted by Crippen LogP contribution is -2.39. The number of nitrogens with zero attached hydrogens (tertiary/aromatic N) is 2. The van der Waals surface area contributed by atoms with Crippen molar-refractivity contribution in [3.8, 4) is 6.07 Å². The standard InChI is InChI=1S/C14H16N2O4S/c1-2-12-11(14(17)18)7-8-16(12)21(19,20)13-6-4-3-5-10(13)9-15/h3-6,11-12H,2,7-8H2,1H3,(H,17,18). The maximum Gasteiger partial charge on any atom is 0.308 e. The van der Waals surface area contributed by atoms with Crippen LogP contribution in [0.1, 0.15) is 25.3 Å². The molecule has 2 unspecified atom stereocenters. The number of hydrogen-bond acceptors (Lipinski definition) is 4. The zero-order valence-electron chi connectivity index (χ0n) is 11.6. The van der Waals surface area contributed by atoms with Crippen molar-refractivity contribution < 1.29 is 18.3 Å². The first-order valence-electron chi connectivity index (χ1n) is 6.67. The average molecular weight is 308 g/mol. The van der Waals surface area contributed by atoms with Crippen LogP contribution in [-0.4, -0.2) is 36.4 Å². The zero-order chi connectivity index (χ0) is 15.6. The van der Waals surface area contributed by atoms with Gasteiger partial charge in [0, 0.05) is 12.6 Å². The number of hydrogen-bond donors (Lipinski definition) is 1. The predicted molar refractivity (Wildman–Crippen MR) is 74.9 cm³/mol. The Morgan fingerprint density at radius 2 is 2.14 bits per heavy atom. The van der Waals surface area contributed by atoms with Gasteiger partial charge in [-0.25, -0.2) is 8.42 Å². The minimum atomic E-state index is -3.86. The van der Waals surface area contributed by atoms with Crippen molar-refractivity contribution in [2.75, 3.05) is 6.54 Å². The fourth-order valence-corrected chi connectivity index (χ4v) is 4.70. The summed E-state index contributed by atoms with van der Waals surface area (Å²) in [6, 6.07) is 7.28. The molecule has 1 aromatic rings. The highest BCUT2D eigenvalue weighted by atomic mass is 32.2. The van der Waals surface area contributed by atoms with Gasteiger partial charge in [0.25, 0.3) is 0 Å². The van der Waals surface area contributed by atoms with Gasteiger partial charge in [-0.3, -0.25) is 4.79 Å². The van der Waals surface area contributed by atoms with Crippen molar-refractivity contribution in [2.24, 2.45) is 5.92 Å². The first kappa shape index (κ1) is 15.5. The first-order chi connectivity index (χ1) is 9.93. The Hall–Kier alpha value is -1.91. The van der Waals surface area contributed by atoms with E-state index in [-0.39, 0.29) is 17.0 Å². The Morgan fingerprint density at radius 1 is 1.48 bits per heavy atom. The third-order valence-electron chi connectivity index (χ3n) is 3.82. The highest BCUT2D eigenvalue weighted by Gasteiger charge is 2.44. The average Bonchev–Trinajstić information content (AvgIpc) is 2.92. The van der Waals surface area contributed by atoms with E-state index in [0.29, 0.717) is 12.8 Å². The van der Waals surface area contributed by atoms with E-state index in [1.54, 1.807) is 19.1 Å². The highest BCUT2D eigenvalue weighted by molar-refractivity contribution is 7.89. The molecule has 0 bridgehead atoms. The largest absolute Gasteiger partial charge is 0.481 e. The number of aliphatic carboxylic acids is 1. The second kappa shape index (κ2) is 5.84. The number of carboxylic acid groups (broad SMARTS) is 1. The molecule has 1 fully saturated rings. The smallest absolute Gasteiger partial charge is 0.308 e. The van der Waals surface area contributed by atoms with Gasteiger partial charge in [0.1, 0.15) is 6.07 Å². The van der Waals surface area contributed by atoms with Crippen molar-refractivity contribution >= 4 is 16.0 Å². The quantitative estimate of drug-likeness (QED) is 0.907. The Morgan fingerprint density at radius 3 is 2.71 bits per heavy atom. The van der Waals surface area contributed by atoms with Gasteiger partial charge in [0.05, 0.1) is 16.4 Å². The molecule has 1 aliphatic heterocycles. The van der Waals surface area contributed by atoms with Gasteiger partial charge < -0.3 is 5.11 Å². The molecule has 0 aliphatic carbocycles. The fourth-order valence-electron chi connectivity index (χ4n) is 2.81. The summed E-state index contributed by atoms with van der Waals surface area (Å²) in [6.45, 7) is 1.93. The fraction of sp³-hybridized carbons (Fsp3) is 0.429. The number of rotatable bonds is 4. The third-order valence-corrected chi connectivity index (χ3v) is 5.81. The molecule has 2 rings (SSSR count). The molecular weight excluding hydrogens is 292 g/mol. The van der Waals surface area contributed by atoms with E-state index in [4.69, 9.17) is 5.26 Å². The van der Waals surface area contributed by atoms with Crippen LogP contribution in [0, 0.1) is 17.2 Å². The van der Waals surface area contributed by atoms with Gasteiger partial charge >= 0.3 is 5.97 Å². The molecular formula is C14H16N2O4S. The molecule has 6 nitrogen and oxygen atoms in total. The van der Waals surface area contributed by atoms with Crippen LogP contribution in [0.3, 0.4) is 0 Å². The molecule has 7 heteroatoms. The molecule has 0 spiro atoms. The Balaban J connectivity index is 2.45. The third kappa shape index (κ3) is 2.64. The topological polar surface area (TPSA) is 98.5 Å². The summed E-state index contributed by atoms with van der Waals surface area (Å²) in [5.41, 5.74) is 0.0751. The van der Waals surface area contributed by atoms with Crippen LogP contribution < -0.4 is 0 Å². The van der Waals surface area contributed by atoms with Gasteiger partial charge in [-0.15, -0.1) is 0 Å². The maximum absolute atomic E-state index is 12.7. The molecule has 1 N–H and O–H groups in total. The van der Waals surface area contributed by atoms with E-state index in [9.17, 15) is 18.3 Å². The molecule has 2 atom stereocenters. The van der Waals surface area contributed by atoms with Crippen LogP contribution in [0.15, 0.2) is 29.2 Å². The molecule has 0 saturated carbocycles. The van der Waals surface area contributed by atoms with Gasteiger partial charge in [-0.05, 0) is 25.0 Å². The molecule has 0 aromatic heterocycles. The molecule has 1 heterocycles. The Kier molecular flexibility index (Phi) is 4.30. The summed E-state index contributed by atoms with van der Waals surface area (Å²) in [5, 5.41) is 18.3. The van der Waals surface area contributed by atoms with Gasteiger partial charge in [0.2, 0.25) is 10.0 Å². The summed E-state index contributed by atoms with van der Waals surface area (Å²) < 4.78 is 26.7. The second-order valence-electron chi connectivity index (χ2n) is 4.93. The summed E-state index contributed by atoms with van der Waals surface area (Å²) in [4.78, 5) is 11.2. The van der Waals surface area contributed by atoms with E-state index in [2.05, 4.69) is 0 Å². The lowest BCUT2D eigenvalue weighted by Gasteiger charge is -2.25. The molecule has 0 radical (unpaired) electrons. The normalized spacial score (nSPS) is 22.9. The van der Waals surface area contributed by atoms with Crippen LogP contribution in [0.25, 0.3) is 0 Å². The SMILES string of the molecule is CCC1C(C(=O)O)CCN1S(=O)(=O)c1ccccc1C#N. The van der Waals surface area contributed by atoms with Crippen LogP contribution in [0.4, 0.5) is 0 Å². The van der Waals surface area contributed by atoms with E-state index in [1.165, 1.54) is 16.4 Å². The monoisotopic (exact) mass is 308 g/mol. The lowest BCUT2D eigenvalue weighted by molar-refractivity contribution is -0.142. The first-order valence-corrected chi connectivity index (χ1v) is 8.11. The molecule has 0 amide bonds. The summed E-state index contributed by atoms with van der Waals surface area (Å²) >= 11 is 0. The van der Waals surface area contributed by atoms with E-state index in [0.717, 1.165) is 0 Å². The summed E-state index contributed by atoms with van der Waals surface area (Å²) in [5.74, 6) is -1.67. The minimum Gasteiger partial charge on any atom is -0.481 e. The summed E-state index contributed by atoms with van der Waals surface area (Å²) in [7, 11) is -3.86. The molecule has 1 aromatic carbocycles. The zero-order valence-corrected chi connectivity index (χ0v) is 12.4. The van der Waals surface area contributed by atoms with Crippen molar-refractivity contribution in [2.45, 2.75) is 30.7 Å². The van der Waals surface area contributed by atoms with E-state index < -0.39 is 28.0 Å². The van der Waals surface area contributed by atoms with E-state index in [1.807, 2.05) is 6.07 Å². The highest BCUT2D eigenvalue weighted by Crippen LogP contribution is 2.33. The van der Waals surface area contributed by atoms with Crippen molar-refractivity contribution in [1.82, 2.24) is 4.31 Å². The van der Waals surface area contributed by atoms with Gasteiger partial charge in [-0.2, -0.15) is 9.57 Å². The predicted octanol–water partition coefficient (Wildman–Crippen LogP) is 1.43. The van der Waals surface area contributed by atoms with Crippen LogP contribution in [-0.2, 0) is 14.8 Å². The number of benzene rings is 1. The van der Waals surface area contributed by atoms with Gasteiger partial charge in [-0.1, -0.05) is 19.1 Å². The van der Waals surface area contributed by atoms with Crippen molar-refractivity contribution in [1.29, 1.82) is 5.26 Å². The number of nitriles is 1. The lowest BCUT2D eigenvalue weighted by atomic mass is 9.99. The Labute approximate surface area is 123 Å². The number of carboxylic acids is 1. The van der Waals surface area contributed by atoms with Crippen LogP contribution in [0.5, 0.6) is 0 Å². The second-order valence-corrected chi connectivity index (χ2v) is 6.79. The molecule has 1 saturated heterocycles. The minimum absolute atomic E-state index is 0.0583. The number of sulfonamides is 1. The van der Waals surface area contributed by atoms with Crippen molar-refractivity contribution in [3.63, 3.8) is 0 Å². The molecule has 1 aliphatic rings. The van der Waals surface area contributed by atoms with Crippen molar-refractivity contribution in [3.05, 3.63) is 29.8 Å². The Bertz CT molecular complexity index is 693. The molecule has 112 valence electrons. The maximum atomic E-state index is 12.7. The molecule has 21 heavy (non-hydrogen) atoms. The summed E-state index contributed by atoms with van der Waals surface area (Å²) in [6.07, 6.45) is 0.715. The van der Waals surface area contributed by atoms with Gasteiger partial charge in [0.15, 0.2) is 0 Å². The van der Waals surface area contributed by atoms with Crippen LogP contribution >= 0.6 is 0 Å². The number of carbonyl (C=O) groups is 1.